The fourth-order valence-electron chi connectivity index (χ4n) is 3.78. The number of benzene rings is 2. The molecule has 1 N–H and O–H groups in total. The first-order chi connectivity index (χ1) is 16.7. The molecule has 0 bridgehead atoms. The van der Waals surface area contributed by atoms with Gasteiger partial charge in [0.1, 0.15) is 18.1 Å². The average molecular weight is 502 g/mol. The molecule has 12 heteroatoms. The number of Topliss-reactive ketones (excluding diaryl/α,β-unsaturated/α-hetero) is 1. The van der Waals surface area contributed by atoms with E-state index in [9.17, 15) is 28.9 Å². The Hall–Kier alpha value is -3.86. The summed E-state index contributed by atoms with van der Waals surface area (Å²) >= 11 is 5.77. The van der Waals surface area contributed by atoms with E-state index in [-0.39, 0.29) is 53.0 Å². The number of nitrogens with one attached hydrogen (secondary N) is 1. The van der Waals surface area contributed by atoms with E-state index >= 15 is 0 Å². The fraction of sp³-hybridized carbons (Fsp3) is 0.304. The lowest BCUT2D eigenvalue weighted by Gasteiger charge is -2.22. The normalized spacial score (nSPS) is 13.0. The minimum absolute atomic E-state index is 0.0239. The zero-order chi connectivity index (χ0) is 25.3. The van der Waals surface area contributed by atoms with Gasteiger partial charge in [-0.1, -0.05) is 23.7 Å². The van der Waals surface area contributed by atoms with Crippen molar-refractivity contribution < 1.29 is 23.7 Å². The first kappa shape index (κ1) is 24.3. The molecule has 1 heterocycles. The number of carbonyl (C=O) groups is 3. The molecule has 1 saturated carbocycles. The van der Waals surface area contributed by atoms with Gasteiger partial charge in [-0.15, -0.1) is 0 Å². The summed E-state index contributed by atoms with van der Waals surface area (Å²) in [6.45, 7) is 0.725. The van der Waals surface area contributed by atoms with E-state index < -0.39 is 28.3 Å². The van der Waals surface area contributed by atoms with Crippen molar-refractivity contribution in [3.63, 3.8) is 0 Å². The van der Waals surface area contributed by atoms with Gasteiger partial charge in [0.05, 0.1) is 22.0 Å². The molecule has 1 aliphatic carbocycles. The number of fused-ring (bicyclic) bond motifs is 1. The van der Waals surface area contributed by atoms with Gasteiger partial charge in [-0.3, -0.25) is 29.2 Å². The van der Waals surface area contributed by atoms with Gasteiger partial charge >= 0.3 is 0 Å². The van der Waals surface area contributed by atoms with E-state index in [1.54, 1.807) is 6.07 Å². The maximum atomic E-state index is 14.1. The van der Waals surface area contributed by atoms with Crippen molar-refractivity contribution in [3.05, 3.63) is 68.6 Å². The third-order valence-electron chi connectivity index (χ3n) is 5.69. The standard InChI is InChI=1S/C23H21ClFN5O5/c1-13(31)23-17-9-16(30(34)35)7-8-19(17)29(27-23)12-21(33)28(15-5-6-15)11-20(32)26-10-14-3-2-4-18(24)22(14)25/h2-4,7-9,15H,5-6,10-12H2,1H3,(H,26,32). The van der Waals surface area contributed by atoms with Crippen LogP contribution in [0.4, 0.5) is 10.1 Å². The topological polar surface area (TPSA) is 127 Å². The lowest BCUT2D eigenvalue weighted by atomic mass is 10.1. The number of hydrogen-bond donors (Lipinski definition) is 1. The summed E-state index contributed by atoms with van der Waals surface area (Å²) < 4.78 is 15.4. The summed E-state index contributed by atoms with van der Waals surface area (Å²) in [7, 11) is 0. The van der Waals surface area contributed by atoms with Crippen LogP contribution in [0.15, 0.2) is 36.4 Å². The summed E-state index contributed by atoms with van der Waals surface area (Å²) in [5.41, 5.74) is 0.448. The molecule has 4 rings (SSSR count). The molecule has 10 nitrogen and oxygen atoms in total. The number of amides is 2. The van der Waals surface area contributed by atoms with Crippen LogP contribution in [0.25, 0.3) is 10.9 Å². The second-order valence-corrected chi connectivity index (χ2v) is 8.67. The Morgan fingerprint density at radius 1 is 1.29 bits per heavy atom. The van der Waals surface area contributed by atoms with Gasteiger partial charge in [0, 0.05) is 42.6 Å². The number of halogens is 2. The molecule has 2 aromatic carbocycles. The Labute approximate surface area is 203 Å². The van der Waals surface area contributed by atoms with Crippen LogP contribution >= 0.6 is 11.6 Å². The van der Waals surface area contributed by atoms with Gasteiger partial charge in [0.25, 0.3) is 5.69 Å². The molecule has 0 saturated heterocycles. The molecule has 0 aliphatic heterocycles. The van der Waals surface area contributed by atoms with Crippen LogP contribution < -0.4 is 5.32 Å². The summed E-state index contributed by atoms with van der Waals surface area (Å²) in [6, 6.07) is 8.34. The third-order valence-corrected chi connectivity index (χ3v) is 5.98. The zero-order valence-electron chi connectivity index (χ0n) is 18.7. The SMILES string of the molecule is CC(=O)c1nn(CC(=O)N(CC(=O)NCc2cccc(Cl)c2F)C2CC2)c2ccc([N+](=O)[O-])cc12. The molecule has 1 aliphatic rings. The minimum atomic E-state index is -0.614. The minimum Gasteiger partial charge on any atom is -0.350 e. The van der Waals surface area contributed by atoms with E-state index in [2.05, 4.69) is 10.4 Å². The van der Waals surface area contributed by atoms with E-state index in [0.29, 0.717) is 5.52 Å². The Morgan fingerprint density at radius 3 is 2.69 bits per heavy atom. The van der Waals surface area contributed by atoms with Crippen LogP contribution in [-0.4, -0.2) is 49.8 Å². The summed E-state index contributed by atoms with van der Waals surface area (Å²) in [5, 5.41) is 18.2. The Kier molecular flexibility index (Phi) is 6.79. The highest BCUT2D eigenvalue weighted by Crippen LogP contribution is 2.28. The number of non-ortho nitro benzene ring substituents is 1. The molecule has 35 heavy (non-hydrogen) atoms. The van der Waals surface area contributed by atoms with Crippen molar-refractivity contribution in [2.24, 2.45) is 0 Å². The average Bonchev–Trinajstić information content (AvgIpc) is 3.59. The van der Waals surface area contributed by atoms with E-state index in [1.807, 2.05) is 0 Å². The van der Waals surface area contributed by atoms with Crippen LogP contribution in [0, 0.1) is 15.9 Å². The predicted molar refractivity (Wildman–Crippen MR) is 124 cm³/mol. The molecule has 182 valence electrons. The number of nitro benzene ring substituents is 1. The molecule has 1 fully saturated rings. The van der Waals surface area contributed by atoms with Gasteiger partial charge in [0.15, 0.2) is 5.78 Å². The van der Waals surface area contributed by atoms with Gasteiger partial charge in [-0.05, 0) is 25.0 Å². The van der Waals surface area contributed by atoms with E-state index in [4.69, 9.17) is 11.6 Å². The van der Waals surface area contributed by atoms with Crippen LogP contribution in [-0.2, 0) is 22.7 Å². The van der Waals surface area contributed by atoms with Gasteiger partial charge in [-0.2, -0.15) is 5.10 Å². The highest BCUT2D eigenvalue weighted by molar-refractivity contribution is 6.30. The largest absolute Gasteiger partial charge is 0.350 e. The number of ketones is 1. The molecule has 3 aromatic rings. The van der Waals surface area contributed by atoms with Gasteiger partial charge < -0.3 is 10.2 Å². The smallest absolute Gasteiger partial charge is 0.270 e. The maximum absolute atomic E-state index is 14.1. The molecule has 0 atom stereocenters. The lowest BCUT2D eigenvalue weighted by molar-refractivity contribution is -0.384. The van der Waals surface area contributed by atoms with Crippen LogP contribution in [0.2, 0.25) is 5.02 Å². The molecule has 0 radical (unpaired) electrons. The molecule has 1 aromatic heterocycles. The number of hydrogen-bond acceptors (Lipinski definition) is 6. The third kappa shape index (κ3) is 5.29. The Morgan fingerprint density at radius 2 is 2.03 bits per heavy atom. The predicted octanol–water partition coefficient (Wildman–Crippen LogP) is 3.25. The first-order valence-electron chi connectivity index (χ1n) is 10.8. The highest BCUT2D eigenvalue weighted by Gasteiger charge is 2.34. The van der Waals surface area contributed by atoms with Crippen molar-refractivity contribution in [1.82, 2.24) is 20.0 Å². The summed E-state index contributed by atoms with van der Waals surface area (Å²) in [4.78, 5) is 49.7. The molecular weight excluding hydrogens is 481 g/mol. The van der Waals surface area contributed by atoms with Crippen molar-refractivity contribution in [2.75, 3.05) is 6.54 Å². The van der Waals surface area contributed by atoms with Crippen LogP contribution in [0.5, 0.6) is 0 Å². The lowest BCUT2D eigenvalue weighted by Crippen LogP contribution is -2.43. The van der Waals surface area contributed by atoms with Crippen molar-refractivity contribution in [3.8, 4) is 0 Å². The molecule has 0 spiro atoms. The number of aromatic nitrogens is 2. The molecule has 0 unspecified atom stereocenters. The Bertz CT molecular complexity index is 1350. The quantitative estimate of drug-likeness (QED) is 0.272. The zero-order valence-corrected chi connectivity index (χ0v) is 19.4. The number of carbonyl (C=O) groups excluding carboxylic acids is 3. The summed E-state index contributed by atoms with van der Waals surface area (Å²) in [6.07, 6.45) is 1.49. The highest BCUT2D eigenvalue weighted by atomic mass is 35.5. The van der Waals surface area contributed by atoms with Crippen molar-refractivity contribution in [1.29, 1.82) is 0 Å². The number of nitro groups is 1. The van der Waals surface area contributed by atoms with E-state index in [0.717, 1.165) is 12.8 Å². The molecular formula is C23H21ClFN5O5. The second kappa shape index (κ2) is 9.79. The fourth-order valence-corrected chi connectivity index (χ4v) is 3.97. The Balaban J connectivity index is 1.49. The van der Waals surface area contributed by atoms with Crippen molar-refractivity contribution in [2.45, 2.75) is 38.9 Å². The maximum Gasteiger partial charge on any atom is 0.270 e. The summed E-state index contributed by atoms with van der Waals surface area (Å²) in [5.74, 6) is -1.87. The van der Waals surface area contributed by atoms with Crippen LogP contribution in [0.3, 0.4) is 0 Å². The van der Waals surface area contributed by atoms with Gasteiger partial charge in [-0.25, -0.2) is 4.39 Å². The van der Waals surface area contributed by atoms with E-state index in [1.165, 1.54) is 46.8 Å². The van der Waals surface area contributed by atoms with Crippen LogP contribution in [0.1, 0.15) is 35.8 Å². The number of nitrogens with zero attached hydrogens (tertiary/aromatic N) is 4. The molecule has 2 amide bonds. The monoisotopic (exact) mass is 501 g/mol. The van der Waals surface area contributed by atoms with Gasteiger partial charge in [0.2, 0.25) is 11.8 Å². The first-order valence-corrected chi connectivity index (χ1v) is 11.2. The van der Waals surface area contributed by atoms with Crippen molar-refractivity contribution >= 4 is 45.8 Å². The number of rotatable bonds is 9. The second-order valence-electron chi connectivity index (χ2n) is 8.26.